The first kappa shape index (κ1) is 23.4. The van der Waals surface area contributed by atoms with E-state index in [1.165, 1.54) is 18.3 Å². The number of anilines is 1. The van der Waals surface area contributed by atoms with Crippen LogP contribution in [-0.2, 0) is 6.42 Å². The van der Waals surface area contributed by atoms with Gasteiger partial charge in [0.15, 0.2) is 0 Å². The summed E-state index contributed by atoms with van der Waals surface area (Å²) in [6.45, 7) is 2.73. The Morgan fingerprint density at radius 1 is 1.08 bits per heavy atom. The van der Waals surface area contributed by atoms with Crippen LogP contribution < -0.4 is 4.31 Å². The van der Waals surface area contributed by atoms with Crippen molar-refractivity contribution >= 4 is 34.3 Å². The molecule has 5 aromatic rings. The summed E-state index contributed by atoms with van der Waals surface area (Å²) in [5.41, 5.74) is 4.97. The van der Waals surface area contributed by atoms with Crippen LogP contribution >= 0.6 is 11.9 Å². The van der Waals surface area contributed by atoms with Crippen LogP contribution in [0.2, 0.25) is 0 Å². The minimum Gasteiger partial charge on any atom is -0.352 e. The normalized spacial score (nSPS) is 13.5. The van der Waals surface area contributed by atoms with Gasteiger partial charge in [-0.15, -0.1) is 0 Å². The van der Waals surface area contributed by atoms with E-state index in [2.05, 4.69) is 15.1 Å². The summed E-state index contributed by atoms with van der Waals surface area (Å²) in [5, 5.41) is 5.01. The van der Waals surface area contributed by atoms with Gasteiger partial charge >= 0.3 is 0 Å². The number of nitrogens with one attached hydrogen (secondary N) is 1. The number of hydrogen-bond donors (Lipinski definition) is 1. The fourth-order valence-electron chi connectivity index (χ4n) is 4.60. The highest BCUT2D eigenvalue weighted by molar-refractivity contribution is 8.00. The van der Waals surface area contributed by atoms with Gasteiger partial charge in [0.2, 0.25) is 5.78 Å². The molecule has 0 radical (unpaired) electrons. The molecule has 2 aromatic carbocycles. The highest BCUT2D eigenvalue weighted by atomic mass is 32.2. The number of aromatic nitrogens is 4. The zero-order valence-corrected chi connectivity index (χ0v) is 20.9. The first-order valence-corrected chi connectivity index (χ1v) is 12.9. The van der Waals surface area contributed by atoms with Crippen molar-refractivity contribution < 1.29 is 13.6 Å². The zero-order chi connectivity index (χ0) is 25.5. The third-order valence-corrected chi connectivity index (χ3v) is 7.68. The van der Waals surface area contributed by atoms with Crippen molar-refractivity contribution in [3.8, 4) is 5.69 Å². The number of aromatic amines is 1. The van der Waals surface area contributed by atoms with Gasteiger partial charge in [-0.1, -0.05) is 18.2 Å². The Bertz CT molecular complexity index is 1640. The van der Waals surface area contributed by atoms with E-state index in [9.17, 15) is 13.6 Å². The van der Waals surface area contributed by atoms with Gasteiger partial charge in [-0.3, -0.25) is 9.78 Å². The maximum atomic E-state index is 14.7. The molecule has 0 bridgehead atoms. The molecule has 1 aliphatic rings. The Hall–Kier alpha value is -3.98. The highest BCUT2D eigenvalue weighted by Gasteiger charge is 2.20. The van der Waals surface area contributed by atoms with Gasteiger partial charge in [0, 0.05) is 41.5 Å². The lowest BCUT2D eigenvalue weighted by molar-refractivity contribution is 0.103. The summed E-state index contributed by atoms with van der Waals surface area (Å²) in [6, 6.07) is 13.5. The summed E-state index contributed by atoms with van der Waals surface area (Å²) in [5.74, 6) is 0.183. The van der Waals surface area contributed by atoms with Crippen LogP contribution in [0.3, 0.4) is 0 Å². The number of carbonyl (C=O) groups excluding carboxylic acids is 1. The third kappa shape index (κ3) is 4.51. The van der Waals surface area contributed by atoms with Gasteiger partial charge in [-0.25, -0.2) is 13.5 Å². The number of benzene rings is 2. The maximum absolute atomic E-state index is 14.7. The molecule has 0 atom stereocenters. The molecule has 37 heavy (non-hydrogen) atoms. The van der Waals surface area contributed by atoms with Gasteiger partial charge < -0.3 is 9.29 Å². The fourth-order valence-corrected chi connectivity index (χ4v) is 5.62. The van der Waals surface area contributed by atoms with Gasteiger partial charge in [0.1, 0.15) is 11.6 Å². The van der Waals surface area contributed by atoms with Crippen LogP contribution in [0.1, 0.15) is 39.3 Å². The fraction of sp³-hybridized carbons (Fsp3) is 0.179. The third-order valence-electron chi connectivity index (χ3n) is 6.51. The largest absolute Gasteiger partial charge is 0.352 e. The molecule has 1 fully saturated rings. The monoisotopic (exact) mass is 515 g/mol. The molecule has 3 aromatic heterocycles. The Labute approximate surface area is 216 Å². The molecule has 1 saturated heterocycles. The summed E-state index contributed by atoms with van der Waals surface area (Å²) in [7, 11) is 0. The second-order valence-electron chi connectivity index (χ2n) is 9.10. The van der Waals surface area contributed by atoms with Crippen molar-refractivity contribution in [2.24, 2.45) is 0 Å². The SMILES string of the molecule is Cc1cc(Cc2ccccc2F)ncc1-n1cc(C(=O)c2cc3cc(F)c(N4CCCS4)cc3[nH]2)cn1. The van der Waals surface area contributed by atoms with Crippen LogP contribution in [0.5, 0.6) is 0 Å². The quantitative estimate of drug-likeness (QED) is 0.221. The summed E-state index contributed by atoms with van der Waals surface area (Å²) in [4.78, 5) is 20.8. The lowest BCUT2D eigenvalue weighted by atomic mass is 10.1. The molecule has 186 valence electrons. The van der Waals surface area contributed by atoms with Crippen LogP contribution in [0.4, 0.5) is 14.5 Å². The molecule has 1 aliphatic heterocycles. The minimum atomic E-state index is -0.297. The van der Waals surface area contributed by atoms with Crippen molar-refractivity contribution in [2.75, 3.05) is 16.6 Å². The zero-order valence-electron chi connectivity index (χ0n) is 20.0. The van der Waals surface area contributed by atoms with Crippen molar-refractivity contribution in [1.82, 2.24) is 19.7 Å². The van der Waals surface area contributed by atoms with E-state index < -0.39 is 0 Å². The number of hydrogen-bond acceptors (Lipinski definition) is 5. The van der Waals surface area contributed by atoms with Crippen LogP contribution in [-0.4, -0.2) is 37.8 Å². The van der Waals surface area contributed by atoms with E-state index in [-0.39, 0.29) is 17.4 Å². The number of halogens is 2. The Balaban J connectivity index is 1.24. The second-order valence-corrected chi connectivity index (χ2v) is 10.2. The molecule has 0 amide bonds. The lowest BCUT2D eigenvalue weighted by Crippen LogP contribution is -2.10. The van der Waals surface area contributed by atoms with Crippen LogP contribution in [0, 0.1) is 18.6 Å². The molecule has 9 heteroatoms. The summed E-state index contributed by atoms with van der Waals surface area (Å²) >= 11 is 1.61. The van der Waals surface area contributed by atoms with Crippen molar-refractivity contribution in [1.29, 1.82) is 0 Å². The molecule has 0 saturated carbocycles. The van der Waals surface area contributed by atoms with Crippen molar-refractivity contribution in [2.45, 2.75) is 19.8 Å². The number of ketones is 1. The molecule has 4 heterocycles. The van der Waals surface area contributed by atoms with E-state index in [4.69, 9.17) is 0 Å². The van der Waals surface area contributed by atoms with Gasteiger partial charge in [0.05, 0.1) is 35.0 Å². The van der Waals surface area contributed by atoms with E-state index >= 15 is 0 Å². The van der Waals surface area contributed by atoms with Gasteiger partial charge in [-0.05, 0) is 66.8 Å². The van der Waals surface area contributed by atoms with E-state index in [1.54, 1.807) is 59.4 Å². The average molecular weight is 516 g/mol. The first-order valence-electron chi connectivity index (χ1n) is 12.0. The number of aryl methyl sites for hydroxylation is 1. The maximum Gasteiger partial charge on any atom is 0.212 e. The number of rotatable bonds is 6. The van der Waals surface area contributed by atoms with Gasteiger partial charge in [-0.2, -0.15) is 5.10 Å². The van der Waals surface area contributed by atoms with Crippen LogP contribution in [0.25, 0.3) is 16.6 Å². The molecule has 1 N–H and O–H groups in total. The predicted molar refractivity (Wildman–Crippen MR) is 141 cm³/mol. The molecule has 0 aliphatic carbocycles. The number of nitrogens with zero attached hydrogens (tertiary/aromatic N) is 4. The molecule has 6 rings (SSSR count). The predicted octanol–water partition coefficient (Wildman–Crippen LogP) is 6.02. The minimum absolute atomic E-state index is 0.234. The lowest BCUT2D eigenvalue weighted by Gasteiger charge is -2.16. The van der Waals surface area contributed by atoms with Crippen molar-refractivity contribution in [3.63, 3.8) is 0 Å². The number of H-pyrrole nitrogens is 1. The standard InChI is InChI=1S/C28H23F2N5OS/c1-17-9-21(10-18-5-2-3-6-22(18)29)31-15-27(17)34-16-20(14-32-34)28(36)25-12-19-11-23(30)26(13-24(19)33-25)35-7-4-8-37-35/h2-3,5-6,9,11-16,33H,4,7-8,10H2,1H3. The summed E-state index contributed by atoms with van der Waals surface area (Å²) in [6.07, 6.45) is 6.24. The highest BCUT2D eigenvalue weighted by Crippen LogP contribution is 2.33. The van der Waals surface area contributed by atoms with Gasteiger partial charge in [0.25, 0.3) is 0 Å². The molecular weight excluding hydrogens is 492 g/mol. The number of fused-ring (bicyclic) bond motifs is 1. The Morgan fingerprint density at radius 2 is 1.95 bits per heavy atom. The Kier molecular flexibility index (Phi) is 6.00. The Morgan fingerprint density at radius 3 is 2.73 bits per heavy atom. The van der Waals surface area contributed by atoms with Crippen molar-refractivity contribution in [3.05, 3.63) is 107 Å². The molecule has 0 spiro atoms. The van der Waals surface area contributed by atoms with Crippen LogP contribution in [0.15, 0.2) is 67.1 Å². The number of pyridine rings is 1. The second kappa shape index (κ2) is 9.48. The molecular formula is C28H23F2N5OS. The summed E-state index contributed by atoms with van der Waals surface area (Å²) < 4.78 is 32.3. The van der Waals surface area contributed by atoms with E-state index in [0.29, 0.717) is 39.8 Å². The number of carbonyl (C=O) groups is 1. The first-order chi connectivity index (χ1) is 18.0. The molecule has 0 unspecified atom stereocenters. The van der Waals surface area contributed by atoms with E-state index in [1.807, 2.05) is 17.3 Å². The van der Waals surface area contributed by atoms with E-state index in [0.717, 1.165) is 35.7 Å². The molecule has 6 nitrogen and oxygen atoms in total. The topological polar surface area (TPSA) is 66.8 Å². The average Bonchev–Trinajstić information content (AvgIpc) is 3.65. The smallest absolute Gasteiger partial charge is 0.212 e.